The van der Waals surface area contributed by atoms with E-state index in [1.54, 1.807) is 6.92 Å². The predicted octanol–water partition coefficient (Wildman–Crippen LogP) is -1.41. The second-order valence-corrected chi connectivity index (χ2v) is 5.61. The third-order valence-electron chi connectivity index (χ3n) is 2.47. The van der Waals surface area contributed by atoms with Crippen LogP contribution in [0.3, 0.4) is 0 Å². The van der Waals surface area contributed by atoms with Crippen molar-refractivity contribution >= 4 is 13.5 Å². The van der Waals surface area contributed by atoms with Crippen molar-refractivity contribution in [2.45, 2.75) is 20.0 Å². The Kier molecular flexibility index (Phi) is 9.33. The molecule has 2 unspecified atom stereocenters. The molecule has 110 valence electrons. The average Bonchev–Trinajstić information content (AvgIpc) is 2.37. The van der Waals surface area contributed by atoms with Crippen LogP contribution >= 0.6 is 7.60 Å². The quantitative estimate of drug-likeness (QED) is 0.395. The maximum Gasteiger partial charge on any atom is 1.00 e. The van der Waals surface area contributed by atoms with Crippen LogP contribution in [-0.2, 0) is 14.2 Å². The van der Waals surface area contributed by atoms with Crippen LogP contribution in [0, 0.1) is 0 Å². The summed E-state index contributed by atoms with van der Waals surface area (Å²) in [6.07, 6.45) is 0.786. The number of hydrogen-bond acceptors (Lipinski definition) is 4. The molecule has 0 aliphatic heterocycles. The molecule has 6 nitrogen and oxygen atoms in total. The van der Waals surface area contributed by atoms with Crippen molar-refractivity contribution in [1.29, 1.82) is 0 Å². The maximum atomic E-state index is 11.4. The van der Waals surface area contributed by atoms with Gasteiger partial charge in [0.05, 0.1) is 6.54 Å². The van der Waals surface area contributed by atoms with Crippen molar-refractivity contribution in [3.63, 3.8) is 0 Å². The molecule has 1 amide bonds. The zero-order valence-corrected chi connectivity index (χ0v) is 15.2. The molecule has 1 aromatic rings. The third-order valence-corrected chi connectivity index (χ3v) is 3.06. The fourth-order valence-corrected chi connectivity index (χ4v) is 1.86. The van der Waals surface area contributed by atoms with E-state index in [0.717, 1.165) is 16.7 Å². The first kappa shape index (κ1) is 20.5. The van der Waals surface area contributed by atoms with Gasteiger partial charge in [0.15, 0.2) is 7.60 Å². The largest absolute Gasteiger partial charge is 1.00 e. The van der Waals surface area contributed by atoms with Gasteiger partial charge in [-0.2, -0.15) is 0 Å². The molecule has 8 heteroatoms. The third kappa shape index (κ3) is 8.53. The number of rotatable bonds is 6. The number of nitrogens with zero attached hydrogens (tertiary/aromatic N) is 1. The monoisotopic (exact) mass is 321 g/mol. The Morgan fingerprint density at radius 2 is 2.05 bits per heavy atom. The van der Waals surface area contributed by atoms with Crippen LogP contribution in [0.2, 0.25) is 0 Å². The fraction of sp³-hybridized carbons (Fsp3) is 0.308. The summed E-state index contributed by atoms with van der Waals surface area (Å²) in [5.74, 6) is 0.274. The normalized spacial score (nSPS) is 15.0. The smallest absolute Gasteiger partial charge is 0.776 e. The molecule has 0 saturated heterocycles. The van der Waals surface area contributed by atoms with Gasteiger partial charge in [-0.1, -0.05) is 36.4 Å². The maximum absolute atomic E-state index is 11.4. The molecule has 1 N–H and O–H groups in total. The van der Waals surface area contributed by atoms with Crippen molar-refractivity contribution in [1.82, 2.24) is 5.06 Å². The molecule has 1 aromatic carbocycles. The predicted molar refractivity (Wildman–Crippen MR) is 72.3 cm³/mol. The van der Waals surface area contributed by atoms with E-state index in [4.69, 9.17) is 9.73 Å². The van der Waals surface area contributed by atoms with Gasteiger partial charge in [-0.3, -0.25) is 9.63 Å². The molecule has 0 aromatic heterocycles. The summed E-state index contributed by atoms with van der Waals surface area (Å²) in [4.78, 5) is 36.1. The van der Waals surface area contributed by atoms with Crippen molar-refractivity contribution < 1.29 is 53.5 Å². The van der Waals surface area contributed by atoms with Crippen LogP contribution in [0.25, 0.3) is 0 Å². The zero-order valence-electron chi connectivity index (χ0n) is 12.3. The first-order valence-corrected chi connectivity index (χ1v) is 7.65. The Bertz CT molecular complexity index is 517. The van der Waals surface area contributed by atoms with Gasteiger partial charge in [-0.05, 0) is 18.3 Å². The van der Waals surface area contributed by atoms with Crippen LogP contribution < -0.4 is 34.5 Å². The molecule has 0 aliphatic carbocycles. The molecular weight excluding hydrogens is 304 g/mol. The zero-order chi connectivity index (χ0) is 15.2. The molecular formula is C13H17NNaO5P. The average molecular weight is 321 g/mol. The Morgan fingerprint density at radius 3 is 2.52 bits per heavy atom. The Hall–Kier alpha value is -0.460. The summed E-state index contributed by atoms with van der Waals surface area (Å²) >= 11 is 0. The van der Waals surface area contributed by atoms with Crippen molar-refractivity contribution in [2.24, 2.45) is 0 Å². The molecule has 0 bridgehead atoms. The van der Waals surface area contributed by atoms with Crippen LogP contribution in [0.15, 0.2) is 42.2 Å². The Balaban J connectivity index is 0.00000400. The SMILES string of the molecule is CC(=O)N(C/C=C/P(=O)([O-])O)OC(C)c1ccccc1.[Na+]. The standard InChI is InChI=1S/C13H18NO5P.Na/c1-11(13-7-4-3-5-8-13)19-14(12(2)15)9-6-10-20(16,17)18;/h3-8,10-11H,9H2,1-2H3,(H2,16,17,18);/q;+1/p-1/b10-6+;. The minimum Gasteiger partial charge on any atom is -0.776 e. The summed E-state index contributed by atoms with van der Waals surface area (Å²) in [5.41, 5.74) is 0.888. The van der Waals surface area contributed by atoms with E-state index in [1.807, 2.05) is 30.3 Å². The second kappa shape index (κ2) is 9.54. The number of carbonyl (C=O) groups is 1. The van der Waals surface area contributed by atoms with Gasteiger partial charge in [-0.25, -0.2) is 5.06 Å². The minimum atomic E-state index is -4.47. The summed E-state index contributed by atoms with van der Waals surface area (Å²) in [6.45, 7) is 3.01. The van der Waals surface area contributed by atoms with E-state index in [9.17, 15) is 14.3 Å². The van der Waals surface area contributed by atoms with Crippen LogP contribution in [0.5, 0.6) is 0 Å². The number of carbonyl (C=O) groups excluding carboxylic acids is 1. The molecule has 0 heterocycles. The first-order valence-electron chi connectivity index (χ1n) is 6.00. The molecule has 0 saturated carbocycles. The summed E-state index contributed by atoms with van der Waals surface area (Å²) in [6, 6.07) is 9.30. The summed E-state index contributed by atoms with van der Waals surface area (Å²) < 4.78 is 10.6. The number of hydrogen-bond donors (Lipinski definition) is 1. The molecule has 0 spiro atoms. The number of hydroxylamine groups is 2. The first-order chi connectivity index (χ1) is 9.29. The fourth-order valence-electron chi connectivity index (χ4n) is 1.50. The molecule has 21 heavy (non-hydrogen) atoms. The van der Waals surface area contributed by atoms with E-state index in [2.05, 4.69) is 0 Å². The van der Waals surface area contributed by atoms with E-state index in [0.29, 0.717) is 5.82 Å². The van der Waals surface area contributed by atoms with Gasteiger partial charge in [0.1, 0.15) is 6.10 Å². The molecule has 0 radical (unpaired) electrons. The van der Waals surface area contributed by atoms with Crippen molar-refractivity contribution in [3.8, 4) is 0 Å². The van der Waals surface area contributed by atoms with Gasteiger partial charge < -0.3 is 14.4 Å². The molecule has 1 rings (SSSR count). The van der Waals surface area contributed by atoms with E-state index in [1.165, 1.54) is 6.92 Å². The van der Waals surface area contributed by atoms with Gasteiger partial charge in [0.25, 0.3) is 0 Å². The minimum absolute atomic E-state index is 0. The van der Waals surface area contributed by atoms with E-state index in [-0.39, 0.29) is 48.1 Å². The van der Waals surface area contributed by atoms with Crippen molar-refractivity contribution in [3.05, 3.63) is 47.8 Å². The summed E-state index contributed by atoms with van der Waals surface area (Å²) in [7, 11) is -4.47. The molecule has 0 fully saturated rings. The van der Waals surface area contributed by atoms with Gasteiger partial charge in [-0.15, -0.1) is 0 Å². The molecule has 0 aliphatic rings. The van der Waals surface area contributed by atoms with Crippen LogP contribution in [-0.4, -0.2) is 22.4 Å². The van der Waals surface area contributed by atoms with Gasteiger partial charge in [0, 0.05) is 6.92 Å². The summed E-state index contributed by atoms with van der Waals surface area (Å²) in [5, 5.41) is 1.03. The topological polar surface area (TPSA) is 89.9 Å². The van der Waals surface area contributed by atoms with Crippen molar-refractivity contribution in [2.75, 3.05) is 6.54 Å². The van der Waals surface area contributed by atoms with Gasteiger partial charge in [0.2, 0.25) is 5.91 Å². The Labute approximate surface area is 146 Å². The van der Waals surface area contributed by atoms with E-state index >= 15 is 0 Å². The number of amides is 1. The molecule has 2 atom stereocenters. The Morgan fingerprint density at radius 1 is 1.48 bits per heavy atom. The number of benzene rings is 1. The van der Waals surface area contributed by atoms with Crippen LogP contribution in [0.1, 0.15) is 25.5 Å². The second-order valence-electron chi connectivity index (χ2n) is 4.19. The van der Waals surface area contributed by atoms with Crippen LogP contribution in [0.4, 0.5) is 0 Å². The van der Waals surface area contributed by atoms with E-state index < -0.39 is 7.60 Å². The van der Waals surface area contributed by atoms with Gasteiger partial charge >= 0.3 is 29.6 Å².